The summed E-state index contributed by atoms with van der Waals surface area (Å²) in [6.45, 7) is 14.2. The van der Waals surface area contributed by atoms with Gasteiger partial charge in [0.15, 0.2) is 12.2 Å². The average Bonchev–Trinajstić information content (AvgIpc) is 1.79. The molecule has 0 amide bonds. The Balaban J connectivity index is 5.23. The molecule has 3 N–H and O–H groups in total. The Morgan fingerprint density at radius 2 is 0.511 bits per heavy atom. The largest absolute Gasteiger partial charge is 0.472 e. The van der Waals surface area contributed by atoms with Gasteiger partial charge in [0, 0.05) is 25.7 Å². The van der Waals surface area contributed by atoms with E-state index < -0.39 is 97.5 Å². The van der Waals surface area contributed by atoms with Gasteiger partial charge in [-0.3, -0.25) is 37.3 Å². The van der Waals surface area contributed by atoms with E-state index in [9.17, 15) is 43.2 Å². The summed E-state index contributed by atoms with van der Waals surface area (Å²) in [7, 11) is -9.91. The molecular weight excluding hydrogens is 1230 g/mol. The summed E-state index contributed by atoms with van der Waals surface area (Å²) in [6.07, 6.45) is 48.5. The summed E-state index contributed by atoms with van der Waals surface area (Å²) in [5.41, 5.74) is 0. The van der Waals surface area contributed by atoms with Crippen LogP contribution in [-0.2, 0) is 65.4 Å². The third-order valence-electron chi connectivity index (χ3n) is 18.0. The van der Waals surface area contributed by atoms with Gasteiger partial charge in [-0.25, -0.2) is 9.13 Å². The number of rotatable bonds is 72. The maximum Gasteiger partial charge on any atom is 0.472 e. The van der Waals surface area contributed by atoms with Gasteiger partial charge in [-0.1, -0.05) is 325 Å². The van der Waals surface area contributed by atoms with E-state index in [1.807, 2.05) is 0 Å². The molecule has 0 spiro atoms. The number of aliphatic hydroxyl groups excluding tert-OH is 1. The molecule has 0 saturated heterocycles. The van der Waals surface area contributed by atoms with Crippen molar-refractivity contribution in [2.75, 3.05) is 39.6 Å². The van der Waals surface area contributed by atoms with Crippen LogP contribution in [0, 0.1) is 23.7 Å². The van der Waals surface area contributed by atoms with Gasteiger partial charge in [-0.05, 0) is 49.4 Å². The van der Waals surface area contributed by atoms with E-state index in [-0.39, 0.29) is 25.7 Å². The molecule has 19 heteroatoms. The zero-order valence-corrected chi connectivity index (χ0v) is 63.4. The van der Waals surface area contributed by atoms with Crippen molar-refractivity contribution in [2.24, 2.45) is 23.7 Å². The smallest absolute Gasteiger partial charge is 0.462 e. The van der Waals surface area contributed by atoms with Crippen molar-refractivity contribution >= 4 is 39.5 Å². The molecule has 0 aliphatic rings. The van der Waals surface area contributed by atoms with Gasteiger partial charge < -0.3 is 33.8 Å². The minimum Gasteiger partial charge on any atom is -0.462 e. The van der Waals surface area contributed by atoms with E-state index >= 15 is 0 Å². The fourth-order valence-corrected chi connectivity index (χ4v) is 12.9. The quantitative estimate of drug-likeness (QED) is 0.0222. The zero-order chi connectivity index (χ0) is 69.6. The van der Waals surface area contributed by atoms with Crippen molar-refractivity contribution < 1.29 is 80.2 Å². The molecule has 17 nitrogen and oxygen atoms in total. The predicted molar refractivity (Wildman–Crippen MR) is 381 cm³/mol. The van der Waals surface area contributed by atoms with Crippen molar-refractivity contribution in [3.05, 3.63) is 0 Å². The Bertz CT molecular complexity index is 1850. The number of carbonyl (C=O) groups excluding carboxylic acids is 4. The number of phosphoric acid groups is 2. The SMILES string of the molecule is CCC(C)CCCCCCCCCCCCCCCCC(=O)OC[C@H](COP(=O)(O)OC[C@@H](O)COP(=O)(O)OC[C@@H](COC(=O)CCCCCCCCC(C)CC)OC(=O)CCCCCCCCCCCCCC(C)C)OC(=O)CCCCCCCCCCCC(C)C. The molecule has 0 saturated carbocycles. The second-order valence-electron chi connectivity index (χ2n) is 28.5. The zero-order valence-electron chi connectivity index (χ0n) is 61.6. The first-order valence-corrected chi connectivity index (χ1v) is 41.8. The van der Waals surface area contributed by atoms with Gasteiger partial charge in [0.1, 0.15) is 19.3 Å². The first kappa shape index (κ1) is 92.1. The van der Waals surface area contributed by atoms with Crippen molar-refractivity contribution in [3.63, 3.8) is 0 Å². The number of carbonyl (C=O) groups is 4. The van der Waals surface area contributed by atoms with Crippen molar-refractivity contribution in [1.82, 2.24) is 0 Å². The lowest BCUT2D eigenvalue weighted by molar-refractivity contribution is -0.161. The number of phosphoric ester groups is 2. The van der Waals surface area contributed by atoms with Crippen LogP contribution in [0.25, 0.3) is 0 Å². The maximum atomic E-state index is 13.1. The molecule has 0 aromatic heterocycles. The fraction of sp³-hybridized carbons (Fsp3) is 0.947. The molecular formula is C75H146O17P2. The highest BCUT2D eigenvalue weighted by Crippen LogP contribution is 2.45. The molecule has 0 aromatic carbocycles. The molecule has 7 atom stereocenters. The summed E-state index contributed by atoms with van der Waals surface area (Å²) < 4.78 is 68.5. The first-order chi connectivity index (χ1) is 45.2. The summed E-state index contributed by atoms with van der Waals surface area (Å²) >= 11 is 0. The highest BCUT2D eigenvalue weighted by Gasteiger charge is 2.30. The Morgan fingerprint density at radius 3 is 0.755 bits per heavy atom. The van der Waals surface area contributed by atoms with Gasteiger partial charge in [-0.2, -0.15) is 0 Å². The van der Waals surface area contributed by atoms with Crippen molar-refractivity contribution in [3.8, 4) is 0 Å². The minimum atomic E-state index is -4.96. The molecule has 0 aliphatic carbocycles. The number of ether oxygens (including phenoxy) is 4. The Kier molecular flexibility index (Phi) is 63.1. The standard InChI is InChI=1S/C75H146O17P2/c1-9-67(7)53-45-37-29-23-17-13-11-12-14-18-24-30-39-47-55-72(77)85-61-70(91-75(80)58-50-42-32-26-20-22-28-36-44-52-66(5)6)63-89-93(81,82)87-59-69(76)60-88-94(83,84)90-64-71(62-86-73(78)56-48-40-34-33-38-46-54-68(8)10-2)92-74(79)57-49-41-31-25-19-15-16-21-27-35-43-51-65(3)4/h65-71,76H,9-64H2,1-8H3,(H,81,82)(H,83,84)/t67?,68?,69-,70-,71-/m1/s1. The number of aliphatic hydroxyl groups is 1. The van der Waals surface area contributed by atoms with Crippen LogP contribution in [0.15, 0.2) is 0 Å². The summed E-state index contributed by atoms with van der Waals surface area (Å²) in [6, 6.07) is 0. The summed E-state index contributed by atoms with van der Waals surface area (Å²) in [5.74, 6) is 0.959. The molecule has 0 fully saturated rings. The highest BCUT2D eigenvalue weighted by molar-refractivity contribution is 7.47. The van der Waals surface area contributed by atoms with Gasteiger partial charge in [-0.15, -0.1) is 0 Å². The molecule has 0 aromatic rings. The highest BCUT2D eigenvalue weighted by atomic mass is 31.2. The molecule has 0 heterocycles. The third kappa shape index (κ3) is 66.0. The van der Waals surface area contributed by atoms with Gasteiger partial charge in [0.05, 0.1) is 26.4 Å². The van der Waals surface area contributed by atoms with Crippen LogP contribution < -0.4 is 0 Å². The molecule has 0 radical (unpaired) electrons. The van der Waals surface area contributed by atoms with E-state index in [0.717, 1.165) is 120 Å². The van der Waals surface area contributed by atoms with Gasteiger partial charge in [0.25, 0.3) is 0 Å². The third-order valence-corrected chi connectivity index (χ3v) is 19.9. The molecule has 0 aliphatic heterocycles. The first-order valence-electron chi connectivity index (χ1n) is 38.8. The molecule has 0 bridgehead atoms. The van der Waals surface area contributed by atoms with E-state index in [2.05, 4.69) is 55.4 Å². The Morgan fingerprint density at radius 1 is 0.298 bits per heavy atom. The van der Waals surface area contributed by atoms with Gasteiger partial charge >= 0.3 is 39.5 Å². The second kappa shape index (κ2) is 64.4. The lowest BCUT2D eigenvalue weighted by Gasteiger charge is -2.21. The molecule has 4 unspecified atom stereocenters. The second-order valence-corrected chi connectivity index (χ2v) is 31.4. The summed E-state index contributed by atoms with van der Waals surface area (Å²) in [5, 5.41) is 10.6. The van der Waals surface area contributed by atoms with E-state index in [1.165, 1.54) is 173 Å². The van der Waals surface area contributed by atoms with Crippen molar-refractivity contribution in [1.29, 1.82) is 0 Å². The maximum absolute atomic E-state index is 13.1. The number of hydrogen-bond acceptors (Lipinski definition) is 15. The van der Waals surface area contributed by atoms with Crippen molar-refractivity contribution in [2.45, 2.75) is 395 Å². The molecule has 0 rings (SSSR count). The Hall–Kier alpha value is -1.94. The number of unbranched alkanes of at least 4 members (excludes halogenated alkanes) is 36. The predicted octanol–water partition coefficient (Wildman–Crippen LogP) is 21.7. The topological polar surface area (TPSA) is 237 Å². The van der Waals surface area contributed by atoms with Gasteiger partial charge in [0.2, 0.25) is 0 Å². The van der Waals surface area contributed by atoms with Crippen LogP contribution in [0.3, 0.4) is 0 Å². The number of esters is 4. The van der Waals surface area contributed by atoms with E-state index in [4.69, 9.17) is 37.0 Å². The monoisotopic (exact) mass is 1380 g/mol. The van der Waals surface area contributed by atoms with Crippen LogP contribution in [0.2, 0.25) is 0 Å². The van der Waals surface area contributed by atoms with Crippen LogP contribution in [0.1, 0.15) is 376 Å². The number of hydrogen-bond donors (Lipinski definition) is 3. The van der Waals surface area contributed by atoms with Crippen LogP contribution in [0.4, 0.5) is 0 Å². The van der Waals surface area contributed by atoms with E-state index in [1.54, 1.807) is 0 Å². The van der Waals surface area contributed by atoms with Crippen LogP contribution in [-0.4, -0.2) is 96.7 Å². The average molecular weight is 1380 g/mol. The van der Waals surface area contributed by atoms with Crippen LogP contribution in [0.5, 0.6) is 0 Å². The van der Waals surface area contributed by atoms with Crippen LogP contribution >= 0.6 is 15.6 Å². The molecule has 94 heavy (non-hydrogen) atoms. The summed E-state index contributed by atoms with van der Waals surface area (Å²) in [4.78, 5) is 72.8. The minimum absolute atomic E-state index is 0.105. The van der Waals surface area contributed by atoms with E-state index in [0.29, 0.717) is 25.7 Å². The molecule has 558 valence electrons. The normalized spacial score (nSPS) is 14.7. The Labute approximate surface area is 575 Å². The fourth-order valence-electron chi connectivity index (χ4n) is 11.3. The lowest BCUT2D eigenvalue weighted by Crippen LogP contribution is -2.30. The lowest BCUT2D eigenvalue weighted by atomic mass is 9.99.